The molecule has 2 heterocycles. The molecule has 0 bridgehead atoms. The molecule has 8 heteroatoms. The van der Waals surface area contributed by atoms with E-state index < -0.39 is 12.1 Å². The third-order valence-corrected chi connectivity index (χ3v) is 7.47. The molecule has 5 rings (SSSR count). The maximum atomic E-state index is 13.5. The van der Waals surface area contributed by atoms with E-state index in [0.717, 1.165) is 59.7 Å². The standard InChI is InChI=1S/C31H34N4O4/c1-20-18-24(21(2)34(20)25-14-16-26(17-15-25)39-22(3)31(37)38-4)19-32-35-29(23-10-6-5-7-11-23)33-28-13-9-8-12-27(28)30(35)36/h8-9,12-19,22-23H,5-7,10-11H2,1-4H3/t22-/m1/s1. The van der Waals surface area contributed by atoms with Gasteiger partial charge in [-0.05, 0) is 76.1 Å². The van der Waals surface area contributed by atoms with E-state index in [9.17, 15) is 9.59 Å². The molecule has 0 amide bonds. The van der Waals surface area contributed by atoms with Gasteiger partial charge in [0.25, 0.3) is 5.56 Å². The van der Waals surface area contributed by atoms with Gasteiger partial charge in [-0.25, -0.2) is 9.78 Å². The van der Waals surface area contributed by atoms with Crippen LogP contribution in [0, 0.1) is 13.8 Å². The van der Waals surface area contributed by atoms with Crippen molar-refractivity contribution in [1.29, 1.82) is 0 Å². The predicted molar refractivity (Wildman–Crippen MR) is 152 cm³/mol. The number of carbonyl (C=O) groups excluding carboxylic acids is 1. The summed E-state index contributed by atoms with van der Waals surface area (Å²) in [4.78, 5) is 30.1. The summed E-state index contributed by atoms with van der Waals surface area (Å²) in [6.45, 7) is 5.72. The van der Waals surface area contributed by atoms with Crippen molar-refractivity contribution in [2.45, 2.75) is 64.9 Å². The summed E-state index contributed by atoms with van der Waals surface area (Å²) < 4.78 is 14.0. The van der Waals surface area contributed by atoms with E-state index in [0.29, 0.717) is 11.1 Å². The number of hydrogen-bond donors (Lipinski definition) is 0. The highest BCUT2D eigenvalue weighted by Gasteiger charge is 2.22. The van der Waals surface area contributed by atoms with Crippen LogP contribution in [0.15, 0.2) is 64.5 Å². The lowest BCUT2D eigenvalue weighted by Gasteiger charge is -2.22. The van der Waals surface area contributed by atoms with Crippen LogP contribution >= 0.6 is 0 Å². The molecule has 1 aliphatic carbocycles. The second-order valence-corrected chi connectivity index (χ2v) is 10.1. The first-order chi connectivity index (χ1) is 18.9. The lowest BCUT2D eigenvalue weighted by Crippen LogP contribution is -2.25. The Kier molecular flexibility index (Phi) is 7.63. The number of benzene rings is 2. The third-order valence-electron chi connectivity index (χ3n) is 7.47. The van der Waals surface area contributed by atoms with Crippen molar-refractivity contribution in [1.82, 2.24) is 14.2 Å². The van der Waals surface area contributed by atoms with Crippen LogP contribution in [0.2, 0.25) is 0 Å². The Morgan fingerprint density at radius 2 is 1.79 bits per heavy atom. The molecule has 1 aliphatic rings. The summed E-state index contributed by atoms with van der Waals surface area (Å²) in [6.07, 6.45) is 6.62. The number of aryl methyl sites for hydroxylation is 1. The Morgan fingerprint density at radius 3 is 2.51 bits per heavy atom. The minimum Gasteiger partial charge on any atom is -0.479 e. The SMILES string of the molecule is COC(=O)[C@@H](C)Oc1ccc(-n2c(C)cc(C=Nn3c(C4CCCCC4)nc4ccccc4c3=O)c2C)cc1. The van der Waals surface area contributed by atoms with Crippen LogP contribution in [0.5, 0.6) is 5.75 Å². The number of aromatic nitrogens is 3. The molecular formula is C31H34N4O4. The van der Waals surface area contributed by atoms with Gasteiger partial charge in [-0.3, -0.25) is 4.79 Å². The van der Waals surface area contributed by atoms with Crippen LogP contribution in [0.1, 0.15) is 67.7 Å². The van der Waals surface area contributed by atoms with Crippen LogP contribution < -0.4 is 10.3 Å². The van der Waals surface area contributed by atoms with Crippen LogP contribution in [0.3, 0.4) is 0 Å². The first-order valence-corrected chi connectivity index (χ1v) is 13.5. The van der Waals surface area contributed by atoms with Crippen molar-refractivity contribution < 1.29 is 14.3 Å². The quantitative estimate of drug-likeness (QED) is 0.229. The van der Waals surface area contributed by atoms with Gasteiger partial charge in [0, 0.05) is 28.6 Å². The van der Waals surface area contributed by atoms with E-state index in [1.807, 2.05) is 62.4 Å². The van der Waals surface area contributed by atoms with Crippen molar-refractivity contribution in [3.05, 3.63) is 87.7 Å². The topological polar surface area (TPSA) is 87.7 Å². The van der Waals surface area contributed by atoms with Crippen molar-refractivity contribution in [2.75, 3.05) is 7.11 Å². The fraction of sp³-hybridized carbons (Fsp3) is 0.355. The summed E-state index contributed by atoms with van der Waals surface area (Å²) >= 11 is 0. The third kappa shape index (κ3) is 5.37. The van der Waals surface area contributed by atoms with Crippen molar-refractivity contribution in [3.63, 3.8) is 0 Å². The van der Waals surface area contributed by atoms with Gasteiger partial charge >= 0.3 is 5.97 Å². The largest absolute Gasteiger partial charge is 0.479 e. The maximum Gasteiger partial charge on any atom is 0.346 e. The fourth-order valence-corrected chi connectivity index (χ4v) is 5.41. The van der Waals surface area contributed by atoms with E-state index in [1.165, 1.54) is 18.2 Å². The minimum absolute atomic E-state index is 0.136. The van der Waals surface area contributed by atoms with Crippen LogP contribution in [0.25, 0.3) is 16.6 Å². The number of ether oxygens (including phenoxy) is 2. The Bertz CT molecular complexity index is 1580. The molecule has 8 nitrogen and oxygen atoms in total. The van der Waals surface area contributed by atoms with Gasteiger partial charge in [0.2, 0.25) is 0 Å². The molecule has 2 aromatic heterocycles. The highest BCUT2D eigenvalue weighted by atomic mass is 16.6. The molecule has 39 heavy (non-hydrogen) atoms. The molecule has 0 spiro atoms. The van der Waals surface area contributed by atoms with Gasteiger partial charge in [-0.1, -0.05) is 31.4 Å². The summed E-state index contributed by atoms with van der Waals surface area (Å²) in [5.41, 5.74) is 4.48. The zero-order valence-electron chi connectivity index (χ0n) is 22.9. The number of carbonyl (C=O) groups is 1. The Morgan fingerprint density at radius 1 is 1.08 bits per heavy atom. The molecule has 2 aromatic carbocycles. The molecule has 0 saturated heterocycles. The second kappa shape index (κ2) is 11.3. The zero-order valence-corrected chi connectivity index (χ0v) is 22.9. The van der Waals surface area contributed by atoms with Crippen LogP contribution in [0.4, 0.5) is 0 Å². The summed E-state index contributed by atoms with van der Waals surface area (Å²) in [6, 6.07) is 17.1. The fourth-order valence-electron chi connectivity index (χ4n) is 5.41. The molecule has 0 N–H and O–H groups in total. The van der Waals surface area contributed by atoms with Gasteiger partial charge in [0.05, 0.1) is 24.2 Å². The highest BCUT2D eigenvalue weighted by Crippen LogP contribution is 2.32. The Labute approximate surface area is 227 Å². The number of para-hydroxylation sites is 1. The van der Waals surface area contributed by atoms with E-state index in [4.69, 9.17) is 19.6 Å². The van der Waals surface area contributed by atoms with E-state index in [2.05, 4.69) is 10.6 Å². The van der Waals surface area contributed by atoms with Crippen molar-refractivity contribution in [2.24, 2.45) is 5.10 Å². The van der Waals surface area contributed by atoms with Gasteiger partial charge in [-0.2, -0.15) is 9.78 Å². The van der Waals surface area contributed by atoms with Crippen LogP contribution in [-0.4, -0.2) is 39.6 Å². The van der Waals surface area contributed by atoms with Crippen molar-refractivity contribution in [3.8, 4) is 11.4 Å². The van der Waals surface area contributed by atoms with Crippen LogP contribution in [-0.2, 0) is 9.53 Å². The number of esters is 1. The highest BCUT2D eigenvalue weighted by molar-refractivity contribution is 5.82. The number of hydrogen-bond acceptors (Lipinski definition) is 6. The Hall–Kier alpha value is -4.20. The predicted octanol–water partition coefficient (Wildman–Crippen LogP) is 5.67. The normalized spacial score (nSPS) is 15.1. The number of rotatable bonds is 7. The van der Waals surface area contributed by atoms with Crippen molar-refractivity contribution >= 4 is 23.1 Å². The van der Waals surface area contributed by atoms with Gasteiger partial charge < -0.3 is 14.0 Å². The van der Waals surface area contributed by atoms with Gasteiger partial charge in [0.15, 0.2) is 6.10 Å². The second-order valence-electron chi connectivity index (χ2n) is 10.1. The first-order valence-electron chi connectivity index (χ1n) is 13.5. The lowest BCUT2D eigenvalue weighted by molar-refractivity contribution is -0.147. The zero-order chi connectivity index (χ0) is 27.5. The summed E-state index contributed by atoms with van der Waals surface area (Å²) in [7, 11) is 1.34. The molecule has 1 saturated carbocycles. The molecule has 0 radical (unpaired) electrons. The number of methoxy groups -OCH3 is 1. The monoisotopic (exact) mass is 526 g/mol. The van der Waals surface area contributed by atoms with Gasteiger partial charge in [-0.15, -0.1) is 0 Å². The number of fused-ring (bicyclic) bond motifs is 1. The smallest absolute Gasteiger partial charge is 0.346 e. The molecule has 4 aromatic rings. The summed E-state index contributed by atoms with van der Waals surface area (Å²) in [5.74, 6) is 1.13. The molecule has 202 valence electrons. The maximum absolute atomic E-state index is 13.5. The lowest BCUT2D eigenvalue weighted by atomic mass is 9.88. The minimum atomic E-state index is -0.690. The van der Waals surface area contributed by atoms with E-state index >= 15 is 0 Å². The molecule has 1 atom stereocenters. The average molecular weight is 527 g/mol. The molecule has 0 unspecified atom stereocenters. The molecular weight excluding hydrogens is 492 g/mol. The van der Waals surface area contributed by atoms with E-state index in [-0.39, 0.29) is 11.5 Å². The molecule has 1 fully saturated rings. The van der Waals surface area contributed by atoms with E-state index in [1.54, 1.807) is 13.1 Å². The number of nitrogens with zero attached hydrogens (tertiary/aromatic N) is 4. The summed E-state index contributed by atoms with van der Waals surface area (Å²) in [5, 5.41) is 5.29. The first kappa shape index (κ1) is 26.4. The Balaban J connectivity index is 1.47. The average Bonchev–Trinajstić information content (AvgIpc) is 3.25. The molecule has 0 aliphatic heterocycles. The van der Waals surface area contributed by atoms with Gasteiger partial charge in [0.1, 0.15) is 11.6 Å².